The van der Waals surface area contributed by atoms with E-state index in [2.05, 4.69) is 0 Å². The van der Waals surface area contributed by atoms with Crippen molar-refractivity contribution >= 4 is 17.5 Å². The number of rotatable bonds is 5. The number of halogens is 1. The zero-order valence-electron chi connectivity index (χ0n) is 14.2. The van der Waals surface area contributed by atoms with Crippen molar-refractivity contribution in [3.8, 4) is 17.2 Å². The molecule has 0 unspecified atom stereocenters. The normalized spacial score (nSPS) is 15.6. The summed E-state index contributed by atoms with van der Waals surface area (Å²) in [6, 6.07) is 12.8. The summed E-state index contributed by atoms with van der Waals surface area (Å²) in [4.78, 5) is 13.9. The predicted octanol–water partition coefficient (Wildman–Crippen LogP) is 3.33. The highest BCUT2D eigenvalue weighted by Crippen LogP contribution is 2.31. The Balaban J connectivity index is 1.51. The molecule has 0 aromatic heterocycles. The van der Waals surface area contributed by atoms with Crippen LogP contribution in [0.2, 0.25) is 5.02 Å². The third-order valence-corrected chi connectivity index (χ3v) is 4.19. The highest BCUT2D eigenvalue weighted by molar-refractivity contribution is 6.30. The first-order valence-corrected chi connectivity index (χ1v) is 8.42. The highest BCUT2D eigenvalue weighted by atomic mass is 35.5. The van der Waals surface area contributed by atoms with Gasteiger partial charge in [-0.1, -0.05) is 23.7 Å². The Morgan fingerprint density at radius 1 is 1.28 bits per heavy atom. The van der Waals surface area contributed by atoms with Crippen LogP contribution in [-0.4, -0.2) is 43.7 Å². The Bertz CT molecular complexity index is 765. The molecule has 25 heavy (non-hydrogen) atoms. The van der Waals surface area contributed by atoms with E-state index in [1.54, 1.807) is 30.1 Å². The molecule has 3 rings (SSSR count). The van der Waals surface area contributed by atoms with Crippen molar-refractivity contribution in [3.05, 3.63) is 53.1 Å². The lowest BCUT2D eigenvalue weighted by atomic mass is 10.2. The fourth-order valence-electron chi connectivity index (χ4n) is 2.58. The molecule has 1 amide bonds. The van der Waals surface area contributed by atoms with E-state index in [0.717, 1.165) is 11.3 Å². The lowest BCUT2D eigenvalue weighted by Gasteiger charge is -2.29. The Morgan fingerprint density at radius 2 is 2.04 bits per heavy atom. The van der Waals surface area contributed by atoms with Crippen molar-refractivity contribution in [2.45, 2.75) is 13.0 Å². The van der Waals surface area contributed by atoms with Gasteiger partial charge in [-0.25, -0.2) is 0 Å². The average Bonchev–Trinajstić information content (AvgIpc) is 2.60. The van der Waals surface area contributed by atoms with Gasteiger partial charge in [-0.3, -0.25) is 4.79 Å². The molecule has 0 aliphatic carbocycles. The van der Waals surface area contributed by atoms with Gasteiger partial charge in [0.15, 0.2) is 24.2 Å². The van der Waals surface area contributed by atoms with Crippen LogP contribution < -0.4 is 14.2 Å². The fourth-order valence-corrected chi connectivity index (χ4v) is 2.81. The maximum absolute atomic E-state index is 12.3. The van der Waals surface area contributed by atoms with E-state index in [-0.39, 0.29) is 18.6 Å². The summed E-state index contributed by atoms with van der Waals surface area (Å²) in [6.07, 6.45) is -0.207. The summed E-state index contributed by atoms with van der Waals surface area (Å²) in [5, 5.41) is 0.642. The Hall–Kier alpha value is -2.40. The fraction of sp³-hybridized carbons (Fsp3) is 0.316. The molecule has 0 N–H and O–H groups in total. The smallest absolute Gasteiger partial charge is 0.260 e. The summed E-state index contributed by atoms with van der Waals surface area (Å²) in [6.45, 7) is 2.69. The molecule has 1 aliphatic rings. The molecular weight excluding hydrogens is 342 g/mol. The second-order valence-electron chi connectivity index (χ2n) is 5.97. The monoisotopic (exact) mass is 361 g/mol. The second kappa shape index (κ2) is 7.66. The van der Waals surface area contributed by atoms with Gasteiger partial charge in [0.25, 0.3) is 5.91 Å². The van der Waals surface area contributed by atoms with Gasteiger partial charge in [0.05, 0.1) is 6.54 Å². The quantitative estimate of drug-likeness (QED) is 0.819. The van der Waals surface area contributed by atoms with Crippen molar-refractivity contribution in [2.75, 3.05) is 26.8 Å². The molecule has 0 spiro atoms. The van der Waals surface area contributed by atoms with Crippen molar-refractivity contribution in [1.82, 2.24) is 4.90 Å². The van der Waals surface area contributed by atoms with Crippen LogP contribution in [0.4, 0.5) is 0 Å². The first kappa shape index (κ1) is 17.4. The Kier molecular flexibility index (Phi) is 5.34. The van der Waals surface area contributed by atoms with Crippen LogP contribution in [0.1, 0.15) is 5.56 Å². The minimum absolute atomic E-state index is 0.0386. The third-order valence-electron chi connectivity index (χ3n) is 3.96. The zero-order valence-corrected chi connectivity index (χ0v) is 15.0. The zero-order chi connectivity index (χ0) is 17.8. The van der Waals surface area contributed by atoms with E-state index in [9.17, 15) is 4.79 Å². The van der Waals surface area contributed by atoms with Gasteiger partial charge in [-0.05, 0) is 42.8 Å². The summed E-state index contributed by atoms with van der Waals surface area (Å²) in [5.74, 6) is 1.95. The van der Waals surface area contributed by atoms with E-state index in [0.29, 0.717) is 29.7 Å². The van der Waals surface area contributed by atoms with Crippen LogP contribution in [0, 0.1) is 6.92 Å². The molecule has 132 valence electrons. The number of amides is 1. The van der Waals surface area contributed by atoms with Gasteiger partial charge in [0, 0.05) is 12.1 Å². The Morgan fingerprint density at radius 3 is 2.80 bits per heavy atom. The first-order chi connectivity index (χ1) is 12.0. The summed E-state index contributed by atoms with van der Waals surface area (Å²) < 4.78 is 17.1. The van der Waals surface area contributed by atoms with Crippen LogP contribution in [0.5, 0.6) is 17.2 Å². The van der Waals surface area contributed by atoms with Crippen LogP contribution in [-0.2, 0) is 4.79 Å². The molecule has 1 heterocycles. The molecule has 0 bridgehead atoms. The minimum Gasteiger partial charge on any atom is -0.486 e. The van der Waals surface area contributed by atoms with Gasteiger partial charge in [-0.15, -0.1) is 0 Å². The first-order valence-electron chi connectivity index (χ1n) is 8.04. The Labute approximate surface area is 152 Å². The molecule has 5 nitrogen and oxygen atoms in total. The SMILES string of the molecule is Cc1cc(Cl)ccc1OCC(=O)N(C)C[C@H]1COc2ccccc2O1. The molecular formula is C19H20ClNO4. The van der Waals surface area contributed by atoms with E-state index in [1.165, 1.54) is 0 Å². The number of aryl methyl sites for hydroxylation is 1. The maximum Gasteiger partial charge on any atom is 0.260 e. The van der Waals surface area contributed by atoms with Gasteiger partial charge in [0.2, 0.25) is 0 Å². The van der Waals surface area contributed by atoms with Crippen molar-refractivity contribution in [3.63, 3.8) is 0 Å². The molecule has 2 aromatic rings. The number of carbonyl (C=O) groups excluding carboxylic acids is 1. The number of hydrogen-bond donors (Lipinski definition) is 0. The number of ether oxygens (including phenoxy) is 3. The summed E-state index contributed by atoms with van der Waals surface area (Å²) >= 11 is 5.92. The molecule has 2 aromatic carbocycles. The topological polar surface area (TPSA) is 48.0 Å². The van der Waals surface area contributed by atoms with E-state index in [1.807, 2.05) is 31.2 Å². The summed E-state index contributed by atoms with van der Waals surface area (Å²) in [7, 11) is 1.73. The predicted molar refractivity (Wildman–Crippen MR) is 95.7 cm³/mol. The minimum atomic E-state index is -0.207. The van der Waals surface area contributed by atoms with Crippen LogP contribution in [0.15, 0.2) is 42.5 Å². The van der Waals surface area contributed by atoms with E-state index in [4.69, 9.17) is 25.8 Å². The number of likely N-dealkylation sites (N-methyl/N-ethyl adjacent to an activating group) is 1. The van der Waals surface area contributed by atoms with E-state index < -0.39 is 0 Å². The number of hydrogen-bond acceptors (Lipinski definition) is 4. The van der Waals surface area contributed by atoms with Gasteiger partial charge in [0.1, 0.15) is 12.4 Å². The molecule has 0 radical (unpaired) electrons. The van der Waals surface area contributed by atoms with Crippen LogP contribution >= 0.6 is 11.6 Å². The highest BCUT2D eigenvalue weighted by Gasteiger charge is 2.23. The van der Waals surface area contributed by atoms with Crippen molar-refractivity contribution in [1.29, 1.82) is 0 Å². The standard InChI is InChI=1S/C19H20ClNO4/c1-13-9-14(20)7-8-16(13)24-12-19(22)21(2)10-15-11-23-17-5-3-4-6-18(17)25-15/h3-9,15H,10-12H2,1-2H3/t15-/m0/s1. The summed E-state index contributed by atoms with van der Waals surface area (Å²) in [5.41, 5.74) is 0.892. The van der Waals surface area contributed by atoms with E-state index >= 15 is 0 Å². The molecule has 6 heteroatoms. The molecule has 1 aliphatic heterocycles. The number of carbonyl (C=O) groups is 1. The van der Waals surface area contributed by atoms with Gasteiger partial charge >= 0.3 is 0 Å². The molecule has 0 saturated heterocycles. The second-order valence-corrected chi connectivity index (χ2v) is 6.41. The lowest BCUT2D eigenvalue weighted by molar-refractivity contribution is -0.133. The van der Waals surface area contributed by atoms with Crippen LogP contribution in [0.25, 0.3) is 0 Å². The molecule has 0 fully saturated rings. The van der Waals surface area contributed by atoms with Gasteiger partial charge in [-0.2, -0.15) is 0 Å². The number of nitrogens with zero attached hydrogens (tertiary/aromatic N) is 1. The van der Waals surface area contributed by atoms with Crippen molar-refractivity contribution in [2.24, 2.45) is 0 Å². The lowest BCUT2D eigenvalue weighted by Crippen LogP contribution is -2.43. The van der Waals surface area contributed by atoms with Gasteiger partial charge < -0.3 is 19.1 Å². The number of benzene rings is 2. The van der Waals surface area contributed by atoms with Crippen LogP contribution in [0.3, 0.4) is 0 Å². The average molecular weight is 362 g/mol. The molecule has 0 saturated carbocycles. The van der Waals surface area contributed by atoms with Crippen molar-refractivity contribution < 1.29 is 19.0 Å². The third kappa shape index (κ3) is 4.37. The number of para-hydroxylation sites is 2. The largest absolute Gasteiger partial charge is 0.486 e. The number of fused-ring (bicyclic) bond motifs is 1. The molecule has 1 atom stereocenters. The maximum atomic E-state index is 12.3.